The molecule has 0 aromatic heterocycles. The molecule has 2 heterocycles. The molecule has 0 N–H and O–H groups in total. The van der Waals surface area contributed by atoms with Gasteiger partial charge in [-0.2, -0.15) is 5.26 Å². The van der Waals surface area contributed by atoms with E-state index in [1.807, 2.05) is 6.92 Å². The Hall–Kier alpha value is -1.17. The van der Waals surface area contributed by atoms with Crippen LogP contribution in [0.3, 0.4) is 0 Å². The molecule has 0 atom stereocenters. The van der Waals surface area contributed by atoms with Crippen LogP contribution in [0.2, 0.25) is 0 Å². The summed E-state index contributed by atoms with van der Waals surface area (Å²) in [5.74, 6) is -0.0601. The third-order valence-corrected chi connectivity index (χ3v) is 6.43. The lowest BCUT2D eigenvalue weighted by atomic mass is 9.79. The van der Waals surface area contributed by atoms with Crippen molar-refractivity contribution >= 4 is 15.9 Å². The monoisotopic (exact) mass is 329 g/mol. The second kappa shape index (κ2) is 6.94. The van der Waals surface area contributed by atoms with Gasteiger partial charge in [-0.15, -0.1) is 0 Å². The molecule has 2 saturated heterocycles. The van der Waals surface area contributed by atoms with Gasteiger partial charge in [0, 0.05) is 26.2 Å². The molecule has 0 aromatic rings. The Morgan fingerprint density at radius 2 is 1.82 bits per heavy atom. The van der Waals surface area contributed by atoms with Crippen LogP contribution >= 0.6 is 0 Å². The van der Waals surface area contributed by atoms with Crippen LogP contribution in [0.4, 0.5) is 0 Å². The number of nitrogens with zero attached hydrogens (tertiary/aromatic N) is 3. The smallest absolute Gasteiger partial charge is 0.243 e. The first-order valence-corrected chi connectivity index (χ1v) is 9.32. The largest absolute Gasteiger partial charge is 0.378 e. The Morgan fingerprint density at radius 3 is 2.32 bits per heavy atom. The Bertz CT molecular complexity index is 541. The topological polar surface area (TPSA) is 90.7 Å². The Morgan fingerprint density at radius 1 is 1.23 bits per heavy atom. The number of carbonyl (C=O) groups is 1. The van der Waals surface area contributed by atoms with Crippen molar-refractivity contribution in [2.45, 2.75) is 26.2 Å². The average Bonchev–Trinajstić information content (AvgIpc) is 2.55. The number of hydrogen-bond donors (Lipinski definition) is 0. The van der Waals surface area contributed by atoms with Crippen LogP contribution in [-0.2, 0) is 19.6 Å². The fourth-order valence-corrected chi connectivity index (χ4v) is 4.49. The van der Waals surface area contributed by atoms with Gasteiger partial charge in [-0.05, 0) is 19.3 Å². The fraction of sp³-hybridized carbons (Fsp3) is 0.857. The second-order valence-corrected chi connectivity index (χ2v) is 7.90. The Labute approximate surface area is 131 Å². The summed E-state index contributed by atoms with van der Waals surface area (Å²) in [6.45, 7) is 4.29. The predicted molar refractivity (Wildman–Crippen MR) is 80.3 cm³/mol. The van der Waals surface area contributed by atoms with Crippen molar-refractivity contribution in [2.75, 3.05) is 45.1 Å². The number of ether oxygens (including phenoxy) is 1. The van der Waals surface area contributed by atoms with E-state index in [-0.39, 0.29) is 37.6 Å². The van der Waals surface area contributed by atoms with Crippen LogP contribution in [0.15, 0.2) is 0 Å². The van der Waals surface area contributed by atoms with Gasteiger partial charge in [-0.1, -0.05) is 6.92 Å². The Balaban J connectivity index is 2.05. The molecular weight excluding hydrogens is 306 g/mol. The quantitative estimate of drug-likeness (QED) is 0.734. The van der Waals surface area contributed by atoms with E-state index in [4.69, 9.17) is 4.74 Å². The Kier molecular flexibility index (Phi) is 5.42. The number of amides is 1. The maximum absolute atomic E-state index is 12.7. The van der Waals surface area contributed by atoms with Crippen LogP contribution in [-0.4, -0.2) is 68.7 Å². The first kappa shape index (κ1) is 17.2. The lowest BCUT2D eigenvalue weighted by molar-refractivity contribution is -0.145. The van der Waals surface area contributed by atoms with Crippen molar-refractivity contribution in [3.05, 3.63) is 0 Å². The van der Waals surface area contributed by atoms with Gasteiger partial charge in [0.15, 0.2) is 0 Å². The minimum absolute atomic E-state index is 0.115. The summed E-state index contributed by atoms with van der Waals surface area (Å²) in [5, 5.41) is 9.54. The highest BCUT2D eigenvalue weighted by Crippen LogP contribution is 2.34. The maximum atomic E-state index is 12.7. The van der Waals surface area contributed by atoms with Gasteiger partial charge in [0.2, 0.25) is 15.9 Å². The number of carbonyl (C=O) groups excluding carboxylic acids is 1. The van der Waals surface area contributed by atoms with Gasteiger partial charge in [0.25, 0.3) is 0 Å². The molecule has 0 aliphatic carbocycles. The van der Waals surface area contributed by atoms with Gasteiger partial charge in [0.1, 0.15) is 5.41 Å². The molecule has 22 heavy (non-hydrogen) atoms. The zero-order chi connectivity index (χ0) is 16.2. The summed E-state index contributed by atoms with van der Waals surface area (Å²) in [5.41, 5.74) is -1.09. The number of sulfonamides is 1. The van der Waals surface area contributed by atoms with Crippen molar-refractivity contribution in [1.29, 1.82) is 5.26 Å². The molecule has 2 fully saturated rings. The molecule has 0 saturated carbocycles. The van der Waals surface area contributed by atoms with Crippen molar-refractivity contribution in [1.82, 2.24) is 9.21 Å². The summed E-state index contributed by atoms with van der Waals surface area (Å²) in [7, 11) is -3.26. The first-order chi connectivity index (χ1) is 10.4. The van der Waals surface area contributed by atoms with E-state index in [0.29, 0.717) is 32.7 Å². The van der Waals surface area contributed by atoms with Crippen LogP contribution in [0.5, 0.6) is 0 Å². The summed E-state index contributed by atoms with van der Waals surface area (Å²) in [6, 6.07) is 2.16. The molecule has 2 rings (SSSR count). The van der Waals surface area contributed by atoms with Crippen molar-refractivity contribution in [2.24, 2.45) is 5.41 Å². The molecule has 0 radical (unpaired) electrons. The molecule has 2 aliphatic rings. The fourth-order valence-electron chi connectivity index (χ4n) is 2.98. The summed E-state index contributed by atoms with van der Waals surface area (Å²) >= 11 is 0. The van der Waals surface area contributed by atoms with Gasteiger partial charge in [-0.3, -0.25) is 4.79 Å². The van der Waals surface area contributed by atoms with Gasteiger partial charge in [0.05, 0.1) is 25.0 Å². The average molecular weight is 329 g/mol. The SMILES string of the molecule is CCCS(=O)(=O)N1CCC(C#N)(C(=O)N2CCOCC2)CC1. The zero-order valence-electron chi connectivity index (χ0n) is 13.0. The molecule has 7 nitrogen and oxygen atoms in total. The molecule has 8 heteroatoms. The van der Waals surface area contributed by atoms with Crippen molar-refractivity contribution in [3.63, 3.8) is 0 Å². The van der Waals surface area contributed by atoms with Crippen molar-refractivity contribution < 1.29 is 17.9 Å². The molecule has 0 spiro atoms. The highest BCUT2D eigenvalue weighted by atomic mass is 32.2. The minimum Gasteiger partial charge on any atom is -0.378 e. The third kappa shape index (κ3) is 3.42. The van der Waals surface area contributed by atoms with E-state index >= 15 is 0 Å². The highest BCUT2D eigenvalue weighted by molar-refractivity contribution is 7.89. The lowest BCUT2D eigenvalue weighted by Crippen LogP contribution is -2.53. The molecule has 2 aliphatic heterocycles. The molecule has 0 aromatic carbocycles. The number of morpholine rings is 1. The van der Waals surface area contributed by atoms with Gasteiger partial charge < -0.3 is 9.64 Å². The number of hydrogen-bond acceptors (Lipinski definition) is 5. The summed E-state index contributed by atoms with van der Waals surface area (Å²) < 4.78 is 30.8. The van der Waals surface area contributed by atoms with E-state index in [9.17, 15) is 18.5 Å². The van der Waals surface area contributed by atoms with E-state index in [1.165, 1.54) is 4.31 Å². The first-order valence-electron chi connectivity index (χ1n) is 7.71. The second-order valence-electron chi connectivity index (χ2n) is 5.81. The number of nitriles is 1. The van der Waals surface area contributed by atoms with Gasteiger partial charge in [-0.25, -0.2) is 12.7 Å². The third-order valence-electron chi connectivity index (χ3n) is 4.35. The summed E-state index contributed by atoms with van der Waals surface area (Å²) in [4.78, 5) is 14.3. The van der Waals surface area contributed by atoms with Crippen LogP contribution in [0, 0.1) is 16.7 Å². The highest BCUT2D eigenvalue weighted by Gasteiger charge is 2.46. The summed E-state index contributed by atoms with van der Waals surface area (Å²) in [6.07, 6.45) is 1.10. The van der Waals surface area contributed by atoms with Crippen LogP contribution < -0.4 is 0 Å². The van der Waals surface area contributed by atoms with E-state index in [1.54, 1.807) is 4.90 Å². The molecular formula is C14H23N3O4S. The predicted octanol–water partition coefficient (Wildman–Crippen LogP) is 0.191. The van der Waals surface area contributed by atoms with E-state index < -0.39 is 15.4 Å². The number of rotatable bonds is 4. The van der Waals surface area contributed by atoms with Crippen LogP contribution in [0.25, 0.3) is 0 Å². The minimum atomic E-state index is -3.26. The normalized spacial score (nSPS) is 23.0. The molecule has 124 valence electrons. The molecule has 1 amide bonds. The van der Waals surface area contributed by atoms with Gasteiger partial charge >= 0.3 is 0 Å². The van der Waals surface area contributed by atoms with Crippen LogP contribution in [0.1, 0.15) is 26.2 Å². The standard InChI is InChI=1S/C14H23N3O4S/c1-2-11-22(19,20)17-5-3-14(12-15,4-6-17)13(18)16-7-9-21-10-8-16/h2-11H2,1H3. The lowest BCUT2D eigenvalue weighted by Gasteiger charge is -2.39. The van der Waals surface area contributed by atoms with E-state index in [2.05, 4.69) is 6.07 Å². The molecule has 0 bridgehead atoms. The maximum Gasteiger partial charge on any atom is 0.243 e. The number of piperidine rings is 1. The zero-order valence-corrected chi connectivity index (χ0v) is 13.8. The molecule has 0 unspecified atom stereocenters. The van der Waals surface area contributed by atoms with E-state index in [0.717, 1.165) is 0 Å². The van der Waals surface area contributed by atoms with Crippen molar-refractivity contribution in [3.8, 4) is 6.07 Å².